The molecule has 0 rings (SSSR count). The molecule has 0 aromatic rings. The van der Waals surface area contributed by atoms with Crippen molar-refractivity contribution in [3.8, 4) is 12.3 Å². The zero-order chi connectivity index (χ0) is 8.24. The quantitative estimate of drug-likeness (QED) is 0.451. The highest BCUT2D eigenvalue weighted by Crippen LogP contribution is 1.67. The summed E-state index contributed by atoms with van der Waals surface area (Å²) in [7, 11) is 0. The second-order valence-electron chi connectivity index (χ2n) is 1.34. The van der Waals surface area contributed by atoms with E-state index in [1.54, 1.807) is 19.3 Å². The monoisotopic (exact) mass is 138 g/mol. The van der Waals surface area contributed by atoms with Crippen molar-refractivity contribution in [1.29, 1.82) is 0 Å². The van der Waals surface area contributed by atoms with E-state index < -0.39 is 0 Å². The van der Waals surface area contributed by atoms with Gasteiger partial charge in [0.1, 0.15) is 0 Å². The molecular formula is C8H14N2. The minimum Gasteiger partial charge on any atom is -0.326 e. The first-order valence-corrected chi connectivity index (χ1v) is 3.03. The van der Waals surface area contributed by atoms with E-state index in [2.05, 4.69) is 17.3 Å². The Hall–Kier alpha value is -1.07. The Morgan fingerprint density at radius 3 is 2.50 bits per heavy atom. The molecule has 0 atom stereocenters. The maximum absolute atomic E-state index is 5.09. The van der Waals surface area contributed by atoms with E-state index in [-0.39, 0.29) is 0 Å². The molecular weight excluding hydrogens is 124 g/mol. The van der Waals surface area contributed by atoms with Gasteiger partial charge in [0.05, 0.1) is 0 Å². The molecule has 0 saturated carbocycles. The maximum Gasteiger partial charge on any atom is 0.0283 e. The minimum absolute atomic E-state index is 0.518. The van der Waals surface area contributed by atoms with Gasteiger partial charge in [-0.05, 0) is 13.8 Å². The van der Waals surface area contributed by atoms with Crippen molar-refractivity contribution in [2.75, 3.05) is 6.54 Å². The normalized spacial score (nSPS) is 9.00. The third kappa shape index (κ3) is 28.4. The standard InChI is InChI=1S/C5H10N2.C3H4/c1-2-4-7-5-3-6;1-3-2/h2,4-5H,3,6H2,1H3;1H,2H3/b4-2-,7-5?;. The van der Waals surface area contributed by atoms with Crippen molar-refractivity contribution >= 4 is 6.21 Å². The lowest BCUT2D eigenvalue weighted by atomic mass is 10.7. The van der Waals surface area contributed by atoms with Crippen LogP contribution in [0.5, 0.6) is 0 Å². The Balaban J connectivity index is 0. The van der Waals surface area contributed by atoms with Gasteiger partial charge in [-0.2, -0.15) is 0 Å². The lowest BCUT2D eigenvalue weighted by Crippen LogP contribution is -1.97. The summed E-state index contributed by atoms with van der Waals surface area (Å²) >= 11 is 0. The second kappa shape index (κ2) is 15.7. The fraction of sp³-hybridized carbons (Fsp3) is 0.375. The van der Waals surface area contributed by atoms with Crippen LogP contribution in [0, 0.1) is 12.3 Å². The highest BCUT2D eigenvalue weighted by atomic mass is 14.7. The van der Waals surface area contributed by atoms with E-state index in [9.17, 15) is 0 Å². The predicted molar refractivity (Wildman–Crippen MR) is 46.9 cm³/mol. The topological polar surface area (TPSA) is 38.4 Å². The number of nitrogens with zero attached hydrogens (tertiary/aromatic N) is 1. The Kier molecular flexibility index (Phi) is 18.3. The third-order valence-electron chi connectivity index (χ3n) is 0.446. The van der Waals surface area contributed by atoms with Gasteiger partial charge in [0.2, 0.25) is 0 Å². The van der Waals surface area contributed by atoms with Gasteiger partial charge >= 0.3 is 0 Å². The third-order valence-corrected chi connectivity index (χ3v) is 0.446. The number of nitrogens with two attached hydrogens (primary N) is 1. The predicted octanol–water partition coefficient (Wildman–Crippen LogP) is 1.19. The molecule has 0 saturated heterocycles. The summed E-state index contributed by atoms with van der Waals surface area (Å²) in [6.07, 6.45) is 9.80. The van der Waals surface area contributed by atoms with E-state index in [1.807, 2.05) is 13.0 Å². The molecule has 0 aromatic carbocycles. The molecule has 2 nitrogen and oxygen atoms in total. The van der Waals surface area contributed by atoms with Crippen LogP contribution >= 0.6 is 0 Å². The van der Waals surface area contributed by atoms with Crippen molar-refractivity contribution in [1.82, 2.24) is 0 Å². The maximum atomic E-state index is 5.09. The van der Waals surface area contributed by atoms with Gasteiger partial charge in [-0.25, -0.2) is 0 Å². The lowest BCUT2D eigenvalue weighted by molar-refractivity contribution is 1.33. The number of hydrogen-bond acceptors (Lipinski definition) is 2. The molecule has 0 unspecified atom stereocenters. The van der Waals surface area contributed by atoms with Crippen molar-refractivity contribution in [3.05, 3.63) is 12.3 Å². The summed E-state index contributed by atoms with van der Waals surface area (Å²) < 4.78 is 0. The van der Waals surface area contributed by atoms with E-state index >= 15 is 0 Å². The number of allylic oxidation sites excluding steroid dienone is 1. The molecule has 2 heteroatoms. The number of hydrogen-bond donors (Lipinski definition) is 1. The highest BCUT2D eigenvalue weighted by molar-refractivity contribution is 5.59. The smallest absolute Gasteiger partial charge is 0.0283 e. The van der Waals surface area contributed by atoms with Gasteiger partial charge in [-0.1, -0.05) is 6.08 Å². The molecule has 56 valence electrons. The van der Waals surface area contributed by atoms with Crippen LogP contribution in [0.3, 0.4) is 0 Å². The fourth-order valence-corrected chi connectivity index (χ4v) is 0.208. The van der Waals surface area contributed by atoms with E-state index in [0.29, 0.717) is 6.54 Å². The van der Waals surface area contributed by atoms with Gasteiger partial charge in [-0.3, -0.25) is 4.99 Å². The largest absolute Gasteiger partial charge is 0.326 e. The van der Waals surface area contributed by atoms with Gasteiger partial charge < -0.3 is 5.73 Å². The van der Waals surface area contributed by atoms with Crippen molar-refractivity contribution in [2.45, 2.75) is 13.8 Å². The summed E-state index contributed by atoms with van der Waals surface area (Å²) in [6, 6.07) is 0. The molecule has 0 fully saturated rings. The summed E-state index contributed by atoms with van der Waals surface area (Å²) in [4.78, 5) is 3.78. The lowest BCUT2D eigenvalue weighted by Gasteiger charge is -1.72. The van der Waals surface area contributed by atoms with Gasteiger partial charge in [0.25, 0.3) is 0 Å². The van der Waals surface area contributed by atoms with Crippen LogP contribution < -0.4 is 5.73 Å². The van der Waals surface area contributed by atoms with Gasteiger partial charge in [0.15, 0.2) is 0 Å². The Morgan fingerprint density at radius 2 is 2.20 bits per heavy atom. The van der Waals surface area contributed by atoms with E-state index in [1.165, 1.54) is 0 Å². The molecule has 0 heterocycles. The van der Waals surface area contributed by atoms with Crippen LogP contribution in [0.25, 0.3) is 0 Å². The summed E-state index contributed by atoms with van der Waals surface area (Å²) in [5.41, 5.74) is 5.09. The minimum atomic E-state index is 0.518. The SMILES string of the molecule is C#CC.C/C=C\N=CCN. The zero-order valence-electron chi connectivity index (χ0n) is 6.54. The number of terminal acetylenes is 1. The van der Waals surface area contributed by atoms with Crippen LogP contribution in [0.4, 0.5) is 0 Å². The van der Waals surface area contributed by atoms with Gasteiger partial charge in [0, 0.05) is 19.0 Å². The molecule has 0 aliphatic heterocycles. The molecule has 0 aliphatic rings. The number of aliphatic imine (C=N–C) groups is 1. The molecule has 0 amide bonds. The van der Waals surface area contributed by atoms with E-state index in [4.69, 9.17) is 5.73 Å². The summed E-state index contributed by atoms with van der Waals surface area (Å²) in [5, 5.41) is 0. The van der Waals surface area contributed by atoms with Crippen LogP contribution in [0.15, 0.2) is 17.3 Å². The van der Waals surface area contributed by atoms with Crippen molar-refractivity contribution in [2.24, 2.45) is 10.7 Å². The molecule has 0 spiro atoms. The van der Waals surface area contributed by atoms with Crippen LogP contribution in [0.1, 0.15) is 13.8 Å². The first-order chi connectivity index (χ1) is 4.83. The van der Waals surface area contributed by atoms with Crippen LogP contribution in [-0.4, -0.2) is 12.8 Å². The molecule has 0 aromatic heterocycles. The van der Waals surface area contributed by atoms with Crippen LogP contribution in [-0.2, 0) is 0 Å². The molecule has 0 aliphatic carbocycles. The highest BCUT2D eigenvalue weighted by Gasteiger charge is 1.57. The van der Waals surface area contributed by atoms with Crippen LogP contribution in [0.2, 0.25) is 0 Å². The van der Waals surface area contributed by atoms with Crippen molar-refractivity contribution < 1.29 is 0 Å². The molecule has 0 bridgehead atoms. The Morgan fingerprint density at radius 1 is 1.70 bits per heavy atom. The molecule has 2 N–H and O–H groups in total. The fourth-order valence-electron chi connectivity index (χ4n) is 0.208. The molecule has 0 radical (unpaired) electrons. The Bertz CT molecular complexity index is 129. The summed E-state index contributed by atoms with van der Waals surface area (Å²) in [6.45, 7) is 4.08. The average molecular weight is 138 g/mol. The molecule has 10 heavy (non-hydrogen) atoms. The number of rotatable bonds is 2. The zero-order valence-corrected chi connectivity index (χ0v) is 6.54. The first kappa shape index (κ1) is 11.7. The first-order valence-electron chi connectivity index (χ1n) is 3.03. The average Bonchev–Trinajstić information content (AvgIpc) is 1.91. The summed E-state index contributed by atoms with van der Waals surface area (Å²) in [5.74, 6) is 2.25. The van der Waals surface area contributed by atoms with E-state index in [0.717, 1.165) is 0 Å². The second-order valence-corrected chi connectivity index (χ2v) is 1.34. The van der Waals surface area contributed by atoms with Crippen molar-refractivity contribution in [3.63, 3.8) is 0 Å². The van der Waals surface area contributed by atoms with Gasteiger partial charge in [-0.15, -0.1) is 12.3 Å². The Labute approximate surface area is 62.8 Å².